The largest absolute Gasteiger partial charge is 0.508 e. The third-order valence-corrected chi connectivity index (χ3v) is 17.6. The normalized spacial score (nSPS) is 28.3. The Hall–Kier alpha value is -4.78. The number of carbonyl (C=O) groups excluding carboxylic acids is 4. The standard InChI is InChI=1S/C54H72N4O13/c1-5-54(65)42-28-44-49-33(29-58(44)50(63)39(42)31-71-51(54)64)26-37-38(45(60)10-9-43(37)56-49)30-57(4)48(62)14-18-66-20-22-68-24-25-69-23-21-67-19-17-55-47(61)32-70-46-11-8-40-36-7-6-34-27-35(59)12-15-52(34,2)41(36)13-16-53(40,46)3/h9-10,26,28,34,36,40-41,46,60,65H,5-8,11-25,27,29-32H2,1-4H3,(H,55,61)/t34-,36-,40-,41-,46-,52-,53-,54-/m0/s1. The van der Waals surface area contributed by atoms with Crippen LogP contribution in [0.2, 0.25) is 0 Å². The SMILES string of the molecule is CC[C@@]1(O)C(=O)OCc2c1cc1n(c2=O)Cc2cc3c(CN(C)C(=O)CCOCCOCCOCCOCCNC(=O)CO[C@H]4CC[C@H]5[C@@H]6CC[C@H]7CC(=O)CC[C@]7(C)[C@H]6CC[C@]45C)c(O)ccc3nc2-1. The molecule has 4 fully saturated rings. The Morgan fingerprint density at radius 3 is 2.37 bits per heavy atom. The number of carbonyl (C=O) groups is 4. The molecule has 4 saturated carbocycles. The molecule has 4 aliphatic carbocycles. The highest BCUT2D eigenvalue weighted by Gasteiger charge is 2.60. The van der Waals surface area contributed by atoms with Gasteiger partial charge in [0.1, 0.15) is 24.7 Å². The van der Waals surface area contributed by atoms with Gasteiger partial charge in [-0.25, -0.2) is 9.78 Å². The fourth-order valence-corrected chi connectivity index (χ4v) is 13.5. The summed E-state index contributed by atoms with van der Waals surface area (Å²) in [6.07, 6.45) is 9.79. The second-order valence-electron chi connectivity index (χ2n) is 21.3. The Bertz CT molecular complexity index is 2570. The van der Waals surface area contributed by atoms with Crippen molar-refractivity contribution in [3.8, 4) is 17.1 Å². The molecule has 0 radical (unpaired) electrons. The fourth-order valence-electron chi connectivity index (χ4n) is 13.5. The lowest BCUT2D eigenvalue weighted by molar-refractivity contribution is -0.172. The second kappa shape index (κ2) is 21.4. The number of aromatic nitrogens is 2. The van der Waals surface area contributed by atoms with Crippen LogP contribution in [-0.2, 0) is 72.9 Å². The second-order valence-corrected chi connectivity index (χ2v) is 21.3. The highest BCUT2D eigenvalue weighted by molar-refractivity contribution is 5.90. The lowest BCUT2D eigenvalue weighted by Gasteiger charge is -2.60. The number of aromatic hydroxyl groups is 1. The van der Waals surface area contributed by atoms with E-state index in [-0.39, 0.29) is 91.5 Å². The van der Waals surface area contributed by atoms with Crippen molar-refractivity contribution in [1.29, 1.82) is 0 Å². The van der Waals surface area contributed by atoms with E-state index < -0.39 is 11.6 Å². The van der Waals surface area contributed by atoms with E-state index in [9.17, 15) is 34.2 Å². The predicted octanol–water partition coefficient (Wildman–Crippen LogP) is 5.31. The molecule has 71 heavy (non-hydrogen) atoms. The molecular weight excluding hydrogens is 913 g/mol. The van der Waals surface area contributed by atoms with Gasteiger partial charge < -0.3 is 53.4 Å². The molecule has 0 spiro atoms. The summed E-state index contributed by atoms with van der Waals surface area (Å²) in [6.45, 7) is 9.86. The maximum absolute atomic E-state index is 13.6. The minimum Gasteiger partial charge on any atom is -0.508 e. The summed E-state index contributed by atoms with van der Waals surface area (Å²) in [7, 11) is 1.66. The van der Waals surface area contributed by atoms with Gasteiger partial charge in [0.05, 0.1) is 94.4 Å². The summed E-state index contributed by atoms with van der Waals surface area (Å²) in [6, 6.07) is 6.73. The number of nitrogens with zero attached hydrogens (tertiary/aromatic N) is 3. The van der Waals surface area contributed by atoms with E-state index in [0.29, 0.717) is 116 Å². The Morgan fingerprint density at radius 1 is 0.901 bits per heavy atom. The maximum Gasteiger partial charge on any atom is 0.343 e. The molecule has 0 bridgehead atoms. The van der Waals surface area contributed by atoms with Crippen molar-refractivity contribution in [1.82, 2.24) is 19.8 Å². The van der Waals surface area contributed by atoms with Gasteiger partial charge in [-0.1, -0.05) is 20.8 Å². The Kier molecular flexibility index (Phi) is 15.4. The minimum absolute atomic E-state index is 0.00887. The van der Waals surface area contributed by atoms with Gasteiger partial charge in [0, 0.05) is 55.1 Å². The molecular formula is C54H72N4O13. The number of phenols is 1. The summed E-state index contributed by atoms with van der Waals surface area (Å²) in [5.41, 5.74) is 1.43. The quantitative estimate of drug-likeness (QED) is 0.0713. The summed E-state index contributed by atoms with van der Waals surface area (Å²) in [4.78, 5) is 70.6. The predicted molar refractivity (Wildman–Crippen MR) is 260 cm³/mol. The molecule has 0 unspecified atom stereocenters. The van der Waals surface area contributed by atoms with Crippen LogP contribution in [0.1, 0.15) is 114 Å². The van der Waals surface area contributed by atoms with Crippen LogP contribution in [0, 0.1) is 34.5 Å². The number of Topliss-reactive ketones (excluding diaryl/α,β-unsaturated/α-hetero) is 1. The zero-order valence-corrected chi connectivity index (χ0v) is 41.9. The van der Waals surface area contributed by atoms with Gasteiger partial charge in [-0.15, -0.1) is 0 Å². The summed E-state index contributed by atoms with van der Waals surface area (Å²) >= 11 is 0. The third kappa shape index (κ3) is 10.0. The van der Waals surface area contributed by atoms with Crippen LogP contribution in [0.25, 0.3) is 22.3 Å². The van der Waals surface area contributed by atoms with Crippen molar-refractivity contribution in [2.75, 3.05) is 73.1 Å². The van der Waals surface area contributed by atoms with E-state index in [2.05, 4.69) is 19.2 Å². The number of amides is 2. The van der Waals surface area contributed by atoms with Crippen LogP contribution in [-0.4, -0.2) is 127 Å². The van der Waals surface area contributed by atoms with Gasteiger partial charge >= 0.3 is 5.97 Å². The van der Waals surface area contributed by atoms with Crippen molar-refractivity contribution in [2.24, 2.45) is 34.5 Å². The summed E-state index contributed by atoms with van der Waals surface area (Å²) in [5.74, 6) is 1.98. The first-order valence-corrected chi connectivity index (χ1v) is 25.9. The van der Waals surface area contributed by atoms with Gasteiger partial charge in [0.2, 0.25) is 11.8 Å². The number of phenolic OH excluding ortho intramolecular Hbond substituents is 1. The third-order valence-electron chi connectivity index (χ3n) is 17.6. The van der Waals surface area contributed by atoms with Gasteiger partial charge in [-0.2, -0.15) is 0 Å². The van der Waals surface area contributed by atoms with Gasteiger partial charge in [-0.05, 0) is 110 Å². The number of rotatable bonds is 21. The first-order chi connectivity index (χ1) is 34.2. The summed E-state index contributed by atoms with van der Waals surface area (Å²) < 4.78 is 35.6. The zero-order chi connectivity index (χ0) is 50.1. The molecule has 1 aromatic carbocycles. The van der Waals surface area contributed by atoms with E-state index in [0.717, 1.165) is 37.7 Å². The number of cyclic esters (lactones) is 1. The van der Waals surface area contributed by atoms with E-state index in [1.807, 2.05) is 6.07 Å². The number of hydrogen-bond acceptors (Lipinski definition) is 14. The topological polar surface area (TPSA) is 214 Å². The maximum atomic E-state index is 13.6. The zero-order valence-electron chi connectivity index (χ0n) is 41.9. The van der Waals surface area contributed by atoms with Gasteiger partial charge in [0.15, 0.2) is 5.60 Å². The number of aliphatic hydroxyl groups is 1. The van der Waals surface area contributed by atoms with E-state index in [4.69, 9.17) is 33.4 Å². The molecule has 17 nitrogen and oxygen atoms in total. The van der Waals surface area contributed by atoms with Crippen molar-refractivity contribution in [2.45, 2.75) is 123 Å². The molecule has 2 aliphatic heterocycles. The number of hydrogen-bond donors (Lipinski definition) is 3. The molecule has 17 heteroatoms. The molecule has 8 atom stereocenters. The average molecular weight is 985 g/mol. The molecule has 3 N–H and O–H groups in total. The average Bonchev–Trinajstić information content (AvgIpc) is 3.90. The first kappa shape index (κ1) is 51.1. The number of fused-ring (bicyclic) bond motifs is 10. The number of benzene rings is 1. The minimum atomic E-state index is -1.93. The molecule has 4 heterocycles. The monoisotopic (exact) mass is 985 g/mol. The highest BCUT2D eigenvalue weighted by atomic mass is 16.6. The summed E-state index contributed by atoms with van der Waals surface area (Å²) in [5, 5.41) is 25.7. The van der Waals surface area contributed by atoms with E-state index in [1.54, 1.807) is 30.7 Å². The van der Waals surface area contributed by atoms with Crippen LogP contribution in [0.4, 0.5) is 0 Å². The smallest absolute Gasteiger partial charge is 0.343 e. The fraction of sp³-hybridized carbons (Fsp3) is 0.667. The van der Waals surface area contributed by atoms with Crippen molar-refractivity contribution < 1.29 is 57.8 Å². The number of ketones is 1. The van der Waals surface area contributed by atoms with Gasteiger partial charge in [0.25, 0.3) is 5.56 Å². The molecule has 9 rings (SSSR count). The Morgan fingerprint density at radius 2 is 1.62 bits per heavy atom. The lowest BCUT2D eigenvalue weighted by atomic mass is 9.45. The van der Waals surface area contributed by atoms with Crippen LogP contribution in [0.15, 0.2) is 29.1 Å². The number of esters is 1. The molecule has 3 aromatic rings. The Labute approximate surface area is 415 Å². The highest BCUT2D eigenvalue weighted by Crippen LogP contribution is 2.66. The van der Waals surface area contributed by atoms with E-state index in [1.165, 1.54) is 36.6 Å². The van der Waals surface area contributed by atoms with Gasteiger partial charge in [-0.3, -0.25) is 19.2 Å². The van der Waals surface area contributed by atoms with Crippen LogP contribution in [0.3, 0.4) is 0 Å². The molecule has 0 saturated heterocycles. The van der Waals surface area contributed by atoms with Crippen molar-refractivity contribution in [3.05, 3.63) is 56.9 Å². The number of ether oxygens (including phenoxy) is 6. The van der Waals surface area contributed by atoms with E-state index >= 15 is 0 Å². The van der Waals surface area contributed by atoms with Crippen molar-refractivity contribution in [3.63, 3.8) is 0 Å². The van der Waals surface area contributed by atoms with Crippen molar-refractivity contribution >= 4 is 34.5 Å². The van der Waals surface area contributed by atoms with Crippen LogP contribution in [0.5, 0.6) is 5.75 Å². The number of nitrogens with one attached hydrogen (secondary N) is 1. The first-order valence-electron chi connectivity index (χ1n) is 25.9. The molecule has 386 valence electrons. The Balaban J connectivity index is 0.609. The van der Waals surface area contributed by atoms with Crippen LogP contribution < -0.4 is 10.9 Å². The number of pyridine rings is 2. The molecule has 2 aromatic heterocycles. The lowest BCUT2D eigenvalue weighted by Crippen LogP contribution is -2.54. The van der Waals surface area contributed by atoms with Crippen LogP contribution >= 0.6 is 0 Å². The molecule has 2 amide bonds. The molecule has 6 aliphatic rings.